The summed E-state index contributed by atoms with van der Waals surface area (Å²) in [7, 11) is 0. The molecule has 0 bridgehead atoms. The number of benzene rings is 1. The predicted molar refractivity (Wildman–Crippen MR) is 86.5 cm³/mol. The highest BCUT2D eigenvalue weighted by Crippen LogP contribution is 2.36. The van der Waals surface area contributed by atoms with Gasteiger partial charge in [-0.2, -0.15) is 5.26 Å². The van der Waals surface area contributed by atoms with E-state index in [1.54, 1.807) is 10.6 Å². The molecule has 120 valence electrons. The van der Waals surface area contributed by atoms with Crippen molar-refractivity contribution in [2.75, 3.05) is 6.61 Å². The first-order valence-electron chi connectivity index (χ1n) is 7.79. The van der Waals surface area contributed by atoms with Crippen LogP contribution in [0.5, 0.6) is 0 Å². The quantitative estimate of drug-likeness (QED) is 0.940. The Bertz CT molecular complexity index is 798. The molecule has 5 nitrogen and oxygen atoms in total. The molecule has 2 aromatic rings. The van der Waals surface area contributed by atoms with Crippen molar-refractivity contribution in [3.05, 3.63) is 35.5 Å². The van der Waals surface area contributed by atoms with Gasteiger partial charge in [0, 0.05) is 17.5 Å². The van der Waals surface area contributed by atoms with E-state index in [1.165, 1.54) is 5.56 Å². The van der Waals surface area contributed by atoms with Crippen LogP contribution in [-0.4, -0.2) is 27.9 Å². The van der Waals surface area contributed by atoms with Crippen LogP contribution in [0.3, 0.4) is 0 Å². The largest absolute Gasteiger partial charge is 0.477 e. The lowest BCUT2D eigenvalue weighted by Crippen LogP contribution is -2.32. The molecule has 1 saturated heterocycles. The summed E-state index contributed by atoms with van der Waals surface area (Å²) in [5.41, 5.74) is 2.03. The fourth-order valence-electron chi connectivity index (χ4n) is 3.48. The fourth-order valence-corrected chi connectivity index (χ4v) is 3.48. The average Bonchev–Trinajstić information content (AvgIpc) is 2.85. The topological polar surface area (TPSA) is 75.2 Å². The number of hydrogen-bond donors (Lipinski definition) is 1. The Morgan fingerprint density at radius 2 is 2.26 bits per heavy atom. The predicted octanol–water partition coefficient (Wildman–Crippen LogP) is 3.54. The highest BCUT2D eigenvalue weighted by molar-refractivity contribution is 5.95. The first-order chi connectivity index (χ1) is 10.9. The van der Waals surface area contributed by atoms with Crippen molar-refractivity contribution in [3.63, 3.8) is 0 Å². The van der Waals surface area contributed by atoms with Gasteiger partial charge in [-0.05, 0) is 56.4 Å². The molecule has 0 amide bonds. The summed E-state index contributed by atoms with van der Waals surface area (Å²) < 4.78 is 7.32. The second-order valence-corrected chi connectivity index (χ2v) is 6.70. The number of aromatic carboxylic acids is 1. The molecule has 23 heavy (non-hydrogen) atoms. The van der Waals surface area contributed by atoms with Crippen molar-refractivity contribution in [1.82, 2.24) is 4.57 Å². The Labute approximate surface area is 135 Å². The summed E-state index contributed by atoms with van der Waals surface area (Å²) in [6.45, 7) is 4.98. The number of hydrogen-bond acceptors (Lipinski definition) is 3. The minimum absolute atomic E-state index is 0.0365. The van der Waals surface area contributed by atoms with Crippen molar-refractivity contribution < 1.29 is 14.6 Å². The minimum atomic E-state index is -1.01. The third kappa shape index (κ3) is 2.95. The molecular weight excluding hydrogens is 292 g/mol. The van der Waals surface area contributed by atoms with Gasteiger partial charge in [0.1, 0.15) is 12.2 Å². The number of rotatable bonds is 3. The number of aromatic nitrogens is 1. The summed E-state index contributed by atoms with van der Waals surface area (Å²) in [6.07, 6.45) is 1.92. The van der Waals surface area contributed by atoms with E-state index in [2.05, 4.69) is 19.9 Å². The first-order valence-corrected chi connectivity index (χ1v) is 7.79. The second-order valence-electron chi connectivity index (χ2n) is 6.70. The van der Waals surface area contributed by atoms with Gasteiger partial charge < -0.3 is 14.4 Å². The van der Waals surface area contributed by atoms with E-state index in [0.717, 1.165) is 30.4 Å². The normalized spacial score (nSPS) is 20.3. The van der Waals surface area contributed by atoms with Crippen molar-refractivity contribution in [2.24, 2.45) is 0 Å². The number of carbonyl (C=O) groups is 1. The molecule has 0 unspecified atom stereocenters. The Morgan fingerprint density at radius 1 is 1.48 bits per heavy atom. The molecular formula is C18H20N2O3. The molecule has 1 N–H and O–H groups in total. The van der Waals surface area contributed by atoms with Gasteiger partial charge in [0.15, 0.2) is 0 Å². The van der Waals surface area contributed by atoms with Gasteiger partial charge in [0.2, 0.25) is 0 Å². The van der Waals surface area contributed by atoms with Crippen LogP contribution in [0, 0.1) is 11.3 Å². The van der Waals surface area contributed by atoms with E-state index in [1.807, 2.05) is 18.2 Å². The zero-order chi connectivity index (χ0) is 16.6. The molecule has 2 heterocycles. The molecule has 1 aliphatic heterocycles. The molecule has 3 rings (SSSR count). The van der Waals surface area contributed by atoms with Gasteiger partial charge >= 0.3 is 5.97 Å². The van der Waals surface area contributed by atoms with Crippen LogP contribution in [0.25, 0.3) is 10.9 Å². The van der Waals surface area contributed by atoms with E-state index in [4.69, 9.17) is 10.00 Å². The van der Waals surface area contributed by atoms with E-state index in [-0.39, 0.29) is 17.8 Å². The third-order valence-corrected chi connectivity index (χ3v) is 4.54. The second kappa shape index (κ2) is 5.71. The fraction of sp³-hybridized carbons (Fsp3) is 0.444. The molecule has 1 aromatic heterocycles. The van der Waals surface area contributed by atoms with Gasteiger partial charge in [-0.1, -0.05) is 6.07 Å². The van der Waals surface area contributed by atoms with Crippen LogP contribution in [0.15, 0.2) is 24.3 Å². The summed E-state index contributed by atoms with van der Waals surface area (Å²) in [6, 6.07) is 9.72. The van der Waals surface area contributed by atoms with E-state index < -0.39 is 5.97 Å². The lowest BCUT2D eigenvalue weighted by atomic mass is 9.83. The minimum Gasteiger partial charge on any atom is -0.477 e. The Morgan fingerprint density at radius 3 is 2.91 bits per heavy atom. The molecule has 5 heteroatoms. The molecule has 1 aliphatic rings. The molecule has 1 atom stereocenters. The Hall–Kier alpha value is -2.32. The zero-order valence-electron chi connectivity index (χ0n) is 13.4. The van der Waals surface area contributed by atoms with E-state index >= 15 is 0 Å². The number of carboxylic acids is 1. The molecule has 1 fully saturated rings. The lowest BCUT2D eigenvalue weighted by molar-refractivity contribution is -0.0592. The molecule has 0 saturated carbocycles. The van der Waals surface area contributed by atoms with Gasteiger partial charge in [-0.3, -0.25) is 0 Å². The smallest absolute Gasteiger partial charge is 0.352 e. The molecule has 0 radical (unpaired) electrons. The third-order valence-electron chi connectivity index (χ3n) is 4.54. The van der Waals surface area contributed by atoms with Gasteiger partial charge in [0.05, 0.1) is 11.7 Å². The van der Waals surface area contributed by atoms with E-state index in [9.17, 15) is 9.90 Å². The Kier molecular flexibility index (Phi) is 3.87. The number of ether oxygens (including phenoxy) is 1. The summed E-state index contributed by atoms with van der Waals surface area (Å²) in [5.74, 6) is -0.596. The Balaban J connectivity index is 2.03. The zero-order valence-corrected chi connectivity index (χ0v) is 13.4. The van der Waals surface area contributed by atoms with Gasteiger partial charge in [-0.25, -0.2) is 4.79 Å². The SMILES string of the molecule is CC1(C)C[C@@H](c2ccc3c(c2)cc(C(=O)O)n3CC#N)CCO1. The summed E-state index contributed by atoms with van der Waals surface area (Å²) in [5, 5.41) is 19.1. The molecule has 0 spiro atoms. The maximum Gasteiger partial charge on any atom is 0.352 e. The maximum atomic E-state index is 11.4. The first kappa shape index (κ1) is 15.6. The van der Waals surface area contributed by atoms with Crippen molar-refractivity contribution in [1.29, 1.82) is 5.26 Å². The number of fused-ring (bicyclic) bond motifs is 1. The van der Waals surface area contributed by atoms with Gasteiger partial charge in [0.25, 0.3) is 0 Å². The van der Waals surface area contributed by atoms with Crippen LogP contribution >= 0.6 is 0 Å². The average molecular weight is 312 g/mol. The van der Waals surface area contributed by atoms with Crippen molar-refractivity contribution >= 4 is 16.9 Å². The number of carboxylic acid groups (broad SMARTS) is 1. The van der Waals surface area contributed by atoms with Crippen LogP contribution in [0.1, 0.15) is 48.7 Å². The van der Waals surface area contributed by atoms with Crippen molar-refractivity contribution in [2.45, 2.75) is 44.8 Å². The maximum absolute atomic E-state index is 11.4. The van der Waals surface area contributed by atoms with E-state index in [0.29, 0.717) is 5.92 Å². The number of nitrogens with zero attached hydrogens (tertiary/aromatic N) is 2. The molecule has 1 aromatic carbocycles. The van der Waals surface area contributed by atoms with Crippen LogP contribution in [0.4, 0.5) is 0 Å². The standard InChI is InChI=1S/C18H20N2O3/c1-18(2)11-13(5-8-23-18)12-3-4-15-14(9-12)10-16(17(21)22)20(15)7-6-19/h3-4,9-10,13H,5,7-8,11H2,1-2H3,(H,21,22)/t13-/m0/s1. The highest BCUT2D eigenvalue weighted by Gasteiger charge is 2.30. The number of nitriles is 1. The van der Waals surface area contributed by atoms with Crippen molar-refractivity contribution in [3.8, 4) is 6.07 Å². The summed E-state index contributed by atoms with van der Waals surface area (Å²) in [4.78, 5) is 11.4. The molecule has 0 aliphatic carbocycles. The van der Waals surface area contributed by atoms with Crippen LogP contribution < -0.4 is 0 Å². The van der Waals surface area contributed by atoms with Crippen LogP contribution in [0.2, 0.25) is 0 Å². The monoisotopic (exact) mass is 312 g/mol. The highest BCUT2D eigenvalue weighted by atomic mass is 16.5. The summed E-state index contributed by atoms with van der Waals surface area (Å²) >= 11 is 0. The lowest BCUT2D eigenvalue weighted by Gasteiger charge is -2.35. The van der Waals surface area contributed by atoms with Crippen LogP contribution in [-0.2, 0) is 11.3 Å². The van der Waals surface area contributed by atoms with Gasteiger partial charge in [-0.15, -0.1) is 0 Å².